The molecular formula is C17H25N3O5S. The summed E-state index contributed by atoms with van der Waals surface area (Å²) in [5, 5.41) is 4.91. The van der Waals surface area contributed by atoms with E-state index in [2.05, 4.69) is 10.6 Å². The molecule has 9 heteroatoms. The maximum absolute atomic E-state index is 12.9. The highest BCUT2D eigenvalue weighted by atomic mass is 32.2. The van der Waals surface area contributed by atoms with Crippen LogP contribution in [0.5, 0.6) is 0 Å². The molecule has 1 aliphatic rings. The molecule has 1 saturated heterocycles. The quantitative estimate of drug-likeness (QED) is 0.691. The third-order valence-electron chi connectivity index (χ3n) is 3.96. The zero-order valence-corrected chi connectivity index (χ0v) is 15.8. The Morgan fingerprint density at radius 2 is 1.85 bits per heavy atom. The predicted octanol–water partition coefficient (Wildman–Crippen LogP) is 0.375. The number of ether oxygens (including phenoxy) is 1. The summed E-state index contributed by atoms with van der Waals surface area (Å²) in [7, 11) is -3.75. The Bertz CT molecular complexity index is 733. The van der Waals surface area contributed by atoms with E-state index >= 15 is 0 Å². The number of hydrogen-bond donors (Lipinski definition) is 2. The van der Waals surface area contributed by atoms with Gasteiger partial charge in [0.25, 0.3) is 0 Å². The lowest BCUT2D eigenvalue weighted by Crippen LogP contribution is -2.53. The fourth-order valence-electron chi connectivity index (χ4n) is 2.53. The van der Waals surface area contributed by atoms with Crippen LogP contribution in [0.25, 0.3) is 0 Å². The molecular weight excluding hydrogens is 358 g/mol. The number of nitrogens with zero attached hydrogens (tertiary/aromatic N) is 1. The summed E-state index contributed by atoms with van der Waals surface area (Å²) in [5.74, 6) is -1.55. The van der Waals surface area contributed by atoms with E-state index in [1.807, 2.05) is 13.8 Å². The van der Waals surface area contributed by atoms with Gasteiger partial charge in [0.05, 0.1) is 18.0 Å². The van der Waals surface area contributed by atoms with E-state index in [0.717, 1.165) is 5.56 Å². The number of carbonyl (C=O) groups excluding carboxylic acids is 2. The Hall–Kier alpha value is -1.97. The standard InChI is InChI=1S/C17H25N3O5S/c1-3-9-18-16(21)17(22)19-12-15-20(10-4-11-25-15)26(23,24)14-7-5-13(2)6-8-14/h5-8,15H,3-4,9-12H2,1-2H3,(H,18,21)(H,19,22). The third-order valence-corrected chi connectivity index (χ3v) is 5.86. The average Bonchev–Trinajstić information content (AvgIpc) is 2.64. The minimum atomic E-state index is -3.75. The molecule has 0 radical (unpaired) electrons. The minimum Gasteiger partial charge on any atom is -0.360 e. The number of hydrogen-bond acceptors (Lipinski definition) is 5. The molecule has 2 amide bonds. The second-order valence-electron chi connectivity index (χ2n) is 6.07. The van der Waals surface area contributed by atoms with Crippen LogP contribution in [0.2, 0.25) is 0 Å². The van der Waals surface area contributed by atoms with Crippen LogP contribution in [-0.4, -0.2) is 57.0 Å². The van der Waals surface area contributed by atoms with Crippen molar-refractivity contribution in [3.05, 3.63) is 29.8 Å². The molecule has 0 aliphatic carbocycles. The molecule has 144 valence electrons. The van der Waals surface area contributed by atoms with Gasteiger partial charge >= 0.3 is 11.8 Å². The average molecular weight is 383 g/mol. The molecule has 1 heterocycles. The molecule has 0 spiro atoms. The van der Waals surface area contributed by atoms with Gasteiger partial charge in [-0.2, -0.15) is 4.31 Å². The first-order valence-corrected chi connectivity index (χ1v) is 10.1. The first-order chi connectivity index (χ1) is 12.4. The molecule has 0 saturated carbocycles. The zero-order chi connectivity index (χ0) is 19.2. The van der Waals surface area contributed by atoms with E-state index in [1.165, 1.54) is 4.31 Å². The Morgan fingerprint density at radius 1 is 1.19 bits per heavy atom. The molecule has 1 atom stereocenters. The van der Waals surface area contributed by atoms with E-state index in [-0.39, 0.29) is 11.4 Å². The van der Waals surface area contributed by atoms with Gasteiger partial charge in [0, 0.05) is 13.1 Å². The van der Waals surface area contributed by atoms with Crippen LogP contribution < -0.4 is 10.6 Å². The molecule has 0 aromatic heterocycles. The fraction of sp³-hybridized carbons (Fsp3) is 0.529. The van der Waals surface area contributed by atoms with Crippen molar-refractivity contribution in [2.24, 2.45) is 0 Å². The highest BCUT2D eigenvalue weighted by Crippen LogP contribution is 2.22. The van der Waals surface area contributed by atoms with Gasteiger partial charge in [-0.1, -0.05) is 24.6 Å². The molecule has 2 N–H and O–H groups in total. The fourth-order valence-corrected chi connectivity index (χ4v) is 4.09. The number of carbonyl (C=O) groups is 2. The van der Waals surface area contributed by atoms with Gasteiger partial charge in [0.15, 0.2) is 0 Å². The Labute approximate surface area is 153 Å². The van der Waals surface area contributed by atoms with Gasteiger partial charge in [0.1, 0.15) is 6.23 Å². The summed E-state index contributed by atoms with van der Waals surface area (Å²) in [4.78, 5) is 23.6. The van der Waals surface area contributed by atoms with Crippen LogP contribution in [0.1, 0.15) is 25.3 Å². The molecule has 0 bridgehead atoms. The number of aryl methyl sites for hydroxylation is 1. The molecule has 2 rings (SSSR count). The number of nitrogens with one attached hydrogen (secondary N) is 2. The van der Waals surface area contributed by atoms with Crippen LogP contribution in [-0.2, 0) is 24.3 Å². The van der Waals surface area contributed by atoms with Crippen molar-refractivity contribution in [2.45, 2.75) is 37.8 Å². The number of amides is 2. The van der Waals surface area contributed by atoms with Crippen LogP contribution in [0.3, 0.4) is 0 Å². The molecule has 1 fully saturated rings. The van der Waals surface area contributed by atoms with E-state index in [0.29, 0.717) is 32.5 Å². The maximum atomic E-state index is 12.9. The lowest BCUT2D eigenvalue weighted by Gasteiger charge is -2.34. The smallest absolute Gasteiger partial charge is 0.309 e. The first kappa shape index (κ1) is 20.3. The predicted molar refractivity (Wildman–Crippen MR) is 95.7 cm³/mol. The van der Waals surface area contributed by atoms with E-state index in [4.69, 9.17) is 4.74 Å². The van der Waals surface area contributed by atoms with Crippen LogP contribution in [0.15, 0.2) is 29.2 Å². The van der Waals surface area contributed by atoms with Crippen LogP contribution >= 0.6 is 0 Å². The van der Waals surface area contributed by atoms with Crippen molar-refractivity contribution in [2.75, 3.05) is 26.2 Å². The summed E-state index contributed by atoms with van der Waals surface area (Å²) in [6.07, 6.45) is 0.429. The molecule has 26 heavy (non-hydrogen) atoms. The second-order valence-corrected chi connectivity index (χ2v) is 7.96. The zero-order valence-electron chi connectivity index (χ0n) is 15.0. The van der Waals surface area contributed by atoms with Crippen molar-refractivity contribution in [3.8, 4) is 0 Å². The largest absolute Gasteiger partial charge is 0.360 e. The Balaban J connectivity index is 2.06. The molecule has 1 unspecified atom stereocenters. The highest BCUT2D eigenvalue weighted by molar-refractivity contribution is 7.89. The molecule has 1 aliphatic heterocycles. The maximum Gasteiger partial charge on any atom is 0.309 e. The number of rotatable bonds is 6. The van der Waals surface area contributed by atoms with E-state index in [9.17, 15) is 18.0 Å². The SMILES string of the molecule is CCCNC(=O)C(=O)NCC1OCCCN1S(=O)(=O)c1ccc(C)cc1. The van der Waals surface area contributed by atoms with Gasteiger partial charge in [0.2, 0.25) is 10.0 Å². The van der Waals surface area contributed by atoms with Crippen LogP contribution in [0, 0.1) is 6.92 Å². The first-order valence-electron chi connectivity index (χ1n) is 8.62. The summed E-state index contributed by atoms with van der Waals surface area (Å²) in [6, 6.07) is 6.55. The van der Waals surface area contributed by atoms with Gasteiger partial charge in [-0.05, 0) is 31.9 Å². The van der Waals surface area contributed by atoms with E-state index in [1.54, 1.807) is 24.3 Å². The summed E-state index contributed by atoms with van der Waals surface area (Å²) in [6.45, 7) is 4.75. The van der Waals surface area contributed by atoms with Gasteiger partial charge in [-0.3, -0.25) is 9.59 Å². The normalized spacial score (nSPS) is 18.3. The van der Waals surface area contributed by atoms with Crippen molar-refractivity contribution >= 4 is 21.8 Å². The summed E-state index contributed by atoms with van der Waals surface area (Å²) < 4.78 is 32.5. The number of benzene rings is 1. The minimum absolute atomic E-state index is 0.0938. The highest BCUT2D eigenvalue weighted by Gasteiger charge is 2.34. The van der Waals surface area contributed by atoms with Gasteiger partial charge < -0.3 is 15.4 Å². The van der Waals surface area contributed by atoms with Crippen molar-refractivity contribution < 1.29 is 22.7 Å². The molecule has 1 aromatic carbocycles. The topological polar surface area (TPSA) is 105 Å². The number of sulfonamides is 1. The Kier molecular flexibility index (Phi) is 7.13. The molecule has 1 aromatic rings. The lowest BCUT2D eigenvalue weighted by atomic mass is 10.2. The lowest BCUT2D eigenvalue weighted by molar-refractivity contribution is -0.140. The monoisotopic (exact) mass is 383 g/mol. The molecule has 8 nitrogen and oxygen atoms in total. The van der Waals surface area contributed by atoms with E-state index < -0.39 is 28.1 Å². The van der Waals surface area contributed by atoms with Gasteiger partial charge in [-0.25, -0.2) is 8.42 Å². The summed E-state index contributed by atoms with van der Waals surface area (Å²) in [5.41, 5.74) is 0.959. The van der Waals surface area contributed by atoms with Crippen LogP contribution in [0.4, 0.5) is 0 Å². The second kappa shape index (κ2) is 9.11. The summed E-state index contributed by atoms with van der Waals surface area (Å²) >= 11 is 0. The van der Waals surface area contributed by atoms with Crippen molar-refractivity contribution in [1.82, 2.24) is 14.9 Å². The van der Waals surface area contributed by atoms with Crippen molar-refractivity contribution in [3.63, 3.8) is 0 Å². The Morgan fingerprint density at radius 3 is 2.50 bits per heavy atom. The van der Waals surface area contributed by atoms with Gasteiger partial charge in [-0.15, -0.1) is 0 Å². The third kappa shape index (κ3) is 5.03. The van der Waals surface area contributed by atoms with Crippen molar-refractivity contribution in [1.29, 1.82) is 0 Å².